The van der Waals surface area contributed by atoms with E-state index >= 15 is 0 Å². The number of rotatable bonds is 1. The molecule has 0 N–H and O–H groups in total. The van der Waals surface area contributed by atoms with Crippen LogP contribution in [0, 0.1) is 0 Å². The molecule has 106 valence electrons. The van der Waals surface area contributed by atoms with Crippen molar-refractivity contribution in [3.63, 3.8) is 0 Å². The fourth-order valence-corrected chi connectivity index (χ4v) is 3.03. The third-order valence-corrected chi connectivity index (χ3v) is 4.36. The van der Waals surface area contributed by atoms with Gasteiger partial charge in [0.1, 0.15) is 0 Å². The molecule has 1 aliphatic rings. The first kappa shape index (κ1) is 13.4. The highest BCUT2D eigenvalue weighted by Gasteiger charge is 2.29. The summed E-state index contributed by atoms with van der Waals surface area (Å²) in [5.41, 5.74) is 4.92. The molecule has 20 heavy (non-hydrogen) atoms. The van der Waals surface area contributed by atoms with E-state index < -0.39 is 0 Å². The number of carbonyl (C=O) groups excluding carboxylic acids is 1. The number of hydrogen-bond donors (Lipinski definition) is 0. The van der Waals surface area contributed by atoms with E-state index in [1.807, 2.05) is 13.2 Å². The maximum atomic E-state index is 11.8. The minimum absolute atomic E-state index is 0.140. The smallest absolute Gasteiger partial charge is 0.161 e. The molecule has 0 aliphatic carbocycles. The molecule has 0 amide bonds. The highest BCUT2D eigenvalue weighted by molar-refractivity contribution is 6.07. The third kappa shape index (κ3) is 1.97. The zero-order valence-electron chi connectivity index (χ0n) is 12.9. The average molecular weight is 270 g/mol. The van der Waals surface area contributed by atoms with Crippen molar-refractivity contribution in [3.05, 3.63) is 35.0 Å². The lowest BCUT2D eigenvalue weighted by molar-refractivity contribution is 0.101. The normalized spacial score (nSPS) is 15.8. The molecule has 0 unspecified atom stereocenters. The SMILES string of the molecule is CC(=O)c1cn(C)c2cc3c(cc12)CN(C(C)(C)C)C3. The Bertz CT molecular complexity index is 704. The van der Waals surface area contributed by atoms with Crippen molar-refractivity contribution in [1.29, 1.82) is 0 Å². The molecule has 3 heteroatoms. The fraction of sp³-hybridized carbons (Fsp3) is 0.471. The summed E-state index contributed by atoms with van der Waals surface area (Å²) < 4.78 is 2.06. The van der Waals surface area contributed by atoms with Gasteiger partial charge >= 0.3 is 0 Å². The topological polar surface area (TPSA) is 25.2 Å². The number of aryl methyl sites for hydroxylation is 1. The van der Waals surface area contributed by atoms with Crippen molar-refractivity contribution in [3.8, 4) is 0 Å². The molecule has 2 aromatic rings. The second-order valence-corrected chi connectivity index (χ2v) is 6.87. The quantitative estimate of drug-likeness (QED) is 0.741. The van der Waals surface area contributed by atoms with Crippen LogP contribution in [-0.4, -0.2) is 20.8 Å². The van der Waals surface area contributed by atoms with Crippen LogP contribution in [0.3, 0.4) is 0 Å². The van der Waals surface area contributed by atoms with Gasteiger partial charge < -0.3 is 4.57 Å². The Morgan fingerprint density at radius 1 is 1.15 bits per heavy atom. The lowest BCUT2D eigenvalue weighted by atomic mass is 10.0. The van der Waals surface area contributed by atoms with Gasteiger partial charge in [-0.3, -0.25) is 9.69 Å². The number of aromatic nitrogens is 1. The number of benzene rings is 1. The fourth-order valence-electron chi connectivity index (χ4n) is 3.03. The maximum Gasteiger partial charge on any atom is 0.161 e. The Hall–Kier alpha value is -1.61. The number of fused-ring (bicyclic) bond motifs is 2. The number of Topliss-reactive ketones (excluding diaryl/α,β-unsaturated/α-hetero) is 1. The van der Waals surface area contributed by atoms with Crippen LogP contribution in [0.4, 0.5) is 0 Å². The van der Waals surface area contributed by atoms with Crippen molar-refractivity contribution in [2.75, 3.05) is 0 Å². The summed E-state index contributed by atoms with van der Waals surface area (Å²) in [6.07, 6.45) is 1.95. The minimum Gasteiger partial charge on any atom is -0.350 e. The molecule has 3 nitrogen and oxygen atoms in total. The van der Waals surface area contributed by atoms with Gasteiger partial charge in [0.05, 0.1) is 0 Å². The van der Waals surface area contributed by atoms with Gasteiger partial charge in [-0.15, -0.1) is 0 Å². The Kier molecular flexibility index (Phi) is 2.80. The van der Waals surface area contributed by atoms with Gasteiger partial charge in [-0.05, 0) is 51.0 Å². The van der Waals surface area contributed by atoms with Crippen molar-refractivity contribution >= 4 is 16.7 Å². The van der Waals surface area contributed by atoms with E-state index in [4.69, 9.17) is 0 Å². The predicted octanol–water partition coefficient (Wildman–Crippen LogP) is 3.50. The molecule has 0 spiro atoms. The summed E-state index contributed by atoms with van der Waals surface area (Å²) in [6, 6.07) is 4.47. The van der Waals surface area contributed by atoms with Crippen LogP contribution in [0.2, 0.25) is 0 Å². The van der Waals surface area contributed by atoms with E-state index in [9.17, 15) is 4.79 Å². The van der Waals surface area contributed by atoms with E-state index in [0.717, 1.165) is 29.6 Å². The average Bonchev–Trinajstić information content (AvgIpc) is 2.88. The number of carbonyl (C=O) groups is 1. The summed E-state index contributed by atoms with van der Waals surface area (Å²) in [5.74, 6) is 0.140. The second kappa shape index (κ2) is 4.19. The molecule has 0 atom stereocenters. The van der Waals surface area contributed by atoms with Crippen LogP contribution in [0.1, 0.15) is 49.2 Å². The van der Waals surface area contributed by atoms with Gasteiger partial charge in [0, 0.05) is 48.3 Å². The second-order valence-electron chi connectivity index (χ2n) is 6.87. The molecule has 1 aliphatic heterocycles. The molecule has 3 rings (SSSR count). The van der Waals surface area contributed by atoms with Gasteiger partial charge in [-0.2, -0.15) is 0 Å². The van der Waals surface area contributed by atoms with Gasteiger partial charge in [-0.1, -0.05) is 0 Å². The van der Waals surface area contributed by atoms with Gasteiger partial charge in [0.25, 0.3) is 0 Å². The molecule has 0 radical (unpaired) electrons. The Balaban J connectivity index is 2.13. The highest BCUT2D eigenvalue weighted by Crippen LogP contribution is 2.33. The number of nitrogens with zero attached hydrogens (tertiary/aromatic N) is 2. The molecule has 2 heterocycles. The summed E-state index contributed by atoms with van der Waals surface area (Å²) in [6.45, 7) is 10.4. The van der Waals surface area contributed by atoms with Gasteiger partial charge in [-0.25, -0.2) is 0 Å². The van der Waals surface area contributed by atoms with Crippen molar-refractivity contribution in [1.82, 2.24) is 9.47 Å². The number of hydrogen-bond acceptors (Lipinski definition) is 2. The van der Waals surface area contributed by atoms with E-state index in [2.05, 4.69) is 42.4 Å². The Labute approximate surface area is 120 Å². The van der Waals surface area contributed by atoms with Crippen LogP contribution in [-0.2, 0) is 20.1 Å². The lowest BCUT2D eigenvalue weighted by Crippen LogP contribution is -2.36. The van der Waals surface area contributed by atoms with Gasteiger partial charge in [0.2, 0.25) is 0 Å². The highest BCUT2D eigenvalue weighted by atomic mass is 16.1. The minimum atomic E-state index is 0.140. The Morgan fingerprint density at radius 3 is 2.30 bits per heavy atom. The van der Waals surface area contributed by atoms with E-state index in [1.165, 1.54) is 11.1 Å². The maximum absolute atomic E-state index is 11.8. The lowest BCUT2D eigenvalue weighted by Gasteiger charge is -2.31. The molecule has 0 saturated heterocycles. The third-order valence-electron chi connectivity index (χ3n) is 4.36. The van der Waals surface area contributed by atoms with Crippen molar-refractivity contribution in [2.45, 2.75) is 46.3 Å². The predicted molar refractivity (Wildman–Crippen MR) is 81.9 cm³/mol. The Morgan fingerprint density at radius 2 is 1.75 bits per heavy atom. The molecule has 0 bridgehead atoms. The van der Waals surface area contributed by atoms with Crippen LogP contribution >= 0.6 is 0 Å². The standard InChI is InChI=1S/C17H22N2O/c1-11(20)15-10-18(5)16-7-13-9-19(17(2,3)4)8-12(13)6-14(15)16/h6-7,10H,8-9H2,1-5H3. The molecule has 0 fully saturated rings. The summed E-state index contributed by atoms with van der Waals surface area (Å²) in [7, 11) is 2.01. The summed E-state index contributed by atoms with van der Waals surface area (Å²) in [4.78, 5) is 14.2. The first-order valence-electron chi connectivity index (χ1n) is 7.14. The van der Waals surface area contributed by atoms with Crippen LogP contribution in [0.5, 0.6) is 0 Å². The number of ketones is 1. The van der Waals surface area contributed by atoms with Crippen LogP contribution < -0.4 is 0 Å². The zero-order chi connectivity index (χ0) is 14.7. The van der Waals surface area contributed by atoms with Crippen molar-refractivity contribution in [2.24, 2.45) is 7.05 Å². The molecular weight excluding hydrogens is 248 g/mol. The van der Waals surface area contributed by atoms with Crippen LogP contribution in [0.25, 0.3) is 10.9 Å². The molecule has 1 aromatic carbocycles. The largest absolute Gasteiger partial charge is 0.350 e. The monoisotopic (exact) mass is 270 g/mol. The van der Waals surface area contributed by atoms with Crippen LogP contribution in [0.15, 0.2) is 18.3 Å². The van der Waals surface area contributed by atoms with Gasteiger partial charge in [0.15, 0.2) is 5.78 Å². The van der Waals surface area contributed by atoms with E-state index in [1.54, 1.807) is 6.92 Å². The molecular formula is C17H22N2O. The van der Waals surface area contributed by atoms with E-state index in [-0.39, 0.29) is 11.3 Å². The molecule has 0 saturated carbocycles. The zero-order valence-corrected chi connectivity index (χ0v) is 12.9. The van der Waals surface area contributed by atoms with E-state index in [0.29, 0.717) is 0 Å². The first-order valence-corrected chi connectivity index (χ1v) is 7.14. The molecule has 1 aromatic heterocycles. The van der Waals surface area contributed by atoms with Crippen molar-refractivity contribution < 1.29 is 4.79 Å². The summed E-state index contributed by atoms with van der Waals surface area (Å²) >= 11 is 0. The summed E-state index contributed by atoms with van der Waals surface area (Å²) in [5, 5.41) is 1.09. The first-order chi connectivity index (χ1) is 9.27.